The van der Waals surface area contributed by atoms with E-state index in [4.69, 9.17) is 12.2 Å². The number of hydrogen-bond donors (Lipinski definition) is 3. The van der Waals surface area contributed by atoms with Crippen molar-refractivity contribution in [3.63, 3.8) is 0 Å². The third kappa shape index (κ3) is 5.67. The lowest BCUT2D eigenvalue weighted by molar-refractivity contribution is -0.121. The van der Waals surface area contributed by atoms with Crippen molar-refractivity contribution in [1.29, 1.82) is 0 Å². The van der Waals surface area contributed by atoms with Crippen LogP contribution in [0.1, 0.15) is 37.7 Å². The predicted octanol–water partition coefficient (Wildman–Crippen LogP) is 2.20. The number of nitrogens with one attached hydrogen (secondary N) is 3. The van der Waals surface area contributed by atoms with Gasteiger partial charge in [0, 0.05) is 12.5 Å². The van der Waals surface area contributed by atoms with E-state index >= 15 is 0 Å². The van der Waals surface area contributed by atoms with Crippen LogP contribution in [0, 0.1) is 5.82 Å². The Morgan fingerprint density at radius 3 is 2.52 bits per heavy atom. The molecule has 0 radical (unpaired) electrons. The minimum Gasteiger partial charge on any atom is -0.359 e. The molecule has 2 rings (SSSR count). The minimum absolute atomic E-state index is 0.144. The molecule has 1 amide bonds. The highest BCUT2D eigenvalue weighted by Gasteiger charge is 2.15. The van der Waals surface area contributed by atoms with E-state index in [-0.39, 0.29) is 11.7 Å². The van der Waals surface area contributed by atoms with E-state index in [2.05, 4.69) is 16.2 Å². The number of amides is 1. The molecule has 1 aromatic rings. The summed E-state index contributed by atoms with van der Waals surface area (Å²) in [7, 11) is 0. The molecular weight excluding hydrogens is 289 g/mol. The largest absolute Gasteiger partial charge is 0.359 e. The first kappa shape index (κ1) is 15.7. The number of halogens is 1. The summed E-state index contributed by atoms with van der Waals surface area (Å²) >= 11 is 5.12. The zero-order valence-electron chi connectivity index (χ0n) is 11.8. The Hall–Kier alpha value is -1.69. The first-order valence-corrected chi connectivity index (χ1v) is 7.64. The normalized spacial score (nSPS) is 14.7. The number of benzene rings is 1. The summed E-state index contributed by atoms with van der Waals surface area (Å²) in [6.45, 7) is 0. The highest BCUT2D eigenvalue weighted by Crippen LogP contribution is 2.17. The molecule has 0 spiro atoms. The maximum Gasteiger partial charge on any atom is 0.238 e. The monoisotopic (exact) mass is 309 g/mol. The summed E-state index contributed by atoms with van der Waals surface area (Å²) in [5, 5.41) is 3.63. The first-order chi connectivity index (χ1) is 10.1. The molecule has 0 unspecified atom stereocenters. The third-order valence-corrected chi connectivity index (χ3v) is 3.78. The van der Waals surface area contributed by atoms with E-state index in [1.807, 2.05) is 0 Å². The zero-order chi connectivity index (χ0) is 15.1. The lowest BCUT2D eigenvalue weighted by Crippen LogP contribution is -2.49. The van der Waals surface area contributed by atoms with Crippen LogP contribution in [0.2, 0.25) is 0 Å². The molecule has 1 aromatic carbocycles. The smallest absolute Gasteiger partial charge is 0.238 e. The van der Waals surface area contributed by atoms with Crippen molar-refractivity contribution in [3.8, 4) is 0 Å². The average molecular weight is 309 g/mol. The molecule has 21 heavy (non-hydrogen) atoms. The Balaban J connectivity index is 1.62. The summed E-state index contributed by atoms with van der Waals surface area (Å²) in [4.78, 5) is 11.7. The number of hydrogen-bond acceptors (Lipinski definition) is 2. The van der Waals surface area contributed by atoms with Gasteiger partial charge in [-0.3, -0.25) is 15.6 Å². The van der Waals surface area contributed by atoms with Crippen LogP contribution in [0.25, 0.3) is 0 Å². The van der Waals surface area contributed by atoms with Gasteiger partial charge in [0.2, 0.25) is 5.91 Å². The van der Waals surface area contributed by atoms with Gasteiger partial charge in [0.15, 0.2) is 5.11 Å². The number of rotatable bonds is 4. The summed E-state index contributed by atoms with van der Waals surface area (Å²) in [6, 6.07) is 6.57. The predicted molar refractivity (Wildman–Crippen MR) is 84.0 cm³/mol. The maximum atomic E-state index is 12.8. The third-order valence-electron chi connectivity index (χ3n) is 3.56. The Bertz CT molecular complexity index is 486. The molecule has 4 nitrogen and oxygen atoms in total. The van der Waals surface area contributed by atoms with Gasteiger partial charge in [-0.15, -0.1) is 0 Å². The fraction of sp³-hybridized carbons (Fsp3) is 0.467. The van der Waals surface area contributed by atoms with E-state index < -0.39 is 0 Å². The molecule has 0 aliphatic heterocycles. The van der Waals surface area contributed by atoms with E-state index in [1.54, 1.807) is 12.1 Å². The summed E-state index contributed by atoms with van der Waals surface area (Å²) in [5.74, 6) is -0.414. The summed E-state index contributed by atoms with van der Waals surface area (Å²) in [5.41, 5.74) is 6.22. The zero-order valence-corrected chi connectivity index (χ0v) is 12.6. The number of thiocarbonyl (C=S) groups is 1. The molecule has 1 aliphatic carbocycles. The second-order valence-electron chi connectivity index (χ2n) is 5.25. The van der Waals surface area contributed by atoms with Gasteiger partial charge < -0.3 is 5.32 Å². The molecule has 1 fully saturated rings. The minimum atomic E-state index is -0.270. The molecule has 6 heteroatoms. The van der Waals surface area contributed by atoms with Crippen molar-refractivity contribution >= 4 is 23.2 Å². The molecule has 0 bridgehead atoms. The van der Waals surface area contributed by atoms with Crippen LogP contribution in [-0.4, -0.2) is 17.1 Å². The van der Waals surface area contributed by atoms with Crippen LogP contribution in [0.3, 0.4) is 0 Å². The van der Waals surface area contributed by atoms with Gasteiger partial charge in [-0.2, -0.15) is 0 Å². The maximum absolute atomic E-state index is 12.8. The second-order valence-corrected chi connectivity index (χ2v) is 5.66. The van der Waals surface area contributed by atoms with E-state index in [0.717, 1.165) is 18.4 Å². The van der Waals surface area contributed by atoms with Crippen LogP contribution in [0.5, 0.6) is 0 Å². The molecule has 1 aliphatic rings. The van der Waals surface area contributed by atoms with Gasteiger partial charge in [0.25, 0.3) is 0 Å². The van der Waals surface area contributed by atoms with Gasteiger partial charge in [-0.05, 0) is 49.2 Å². The number of aryl methyl sites for hydroxylation is 1. The molecule has 114 valence electrons. The standard InChI is InChI=1S/C15H20FN3OS/c16-12-8-5-11(6-9-12)7-10-14(20)18-19-15(21)17-13-3-1-2-4-13/h5-6,8-9,13H,1-4,7,10H2,(H,18,20)(H2,17,19,21). The van der Waals surface area contributed by atoms with E-state index in [9.17, 15) is 9.18 Å². The second kappa shape index (κ2) is 7.93. The lowest BCUT2D eigenvalue weighted by Gasteiger charge is -2.16. The topological polar surface area (TPSA) is 53.2 Å². The Labute approximate surface area is 129 Å². The van der Waals surface area contributed by atoms with Crippen LogP contribution in [0.15, 0.2) is 24.3 Å². The fourth-order valence-electron chi connectivity index (χ4n) is 2.39. The molecule has 1 saturated carbocycles. The molecule has 3 N–H and O–H groups in total. The first-order valence-electron chi connectivity index (χ1n) is 7.23. The quantitative estimate of drug-likeness (QED) is 0.589. The van der Waals surface area contributed by atoms with Crippen LogP contribution in [-0.2, 0) is 11.2 Å². The number of carbonyl (C=O) groups is 1. The van der Waals surface area contributed by atoms with E-state index in [0.29, 0.717) is 24.0 Å². The molecule has 0 aromatic heterocycles. The van der Waals surface area contributed by atoms with Gasteiger partial charge in [-0.25, -0.2) is 4.39 Å². The number of carbonyl (C=O) groups excluding carboxylic acids is 1. The fourth-order valence-corrected chi connectivity index (χ4v) is 2.61. The van der Waals surface area contributed by atoms with Gasteiger partial charge in [-0.1, -0.05) is 25.0 Å². The Morgan fingerprint density at radius 2 is 1.86 bits per heavy atom. The van der Waals surface area contributed by atoms with Gasteiger partial charge >= 0.3 is 0 Å². The van der Waals surface area contributed by atoms with Crippen LogP contribution >= 0.6 is 12.2 Å². The van der Waals surface area contributed by atoms with Crippen LogP contribution in [0.4, 0.5) is 4.39 Å². The van der Waals surface area contributed by atoms with Crippen molar-refractivity contribution in [1.82, 2.24) is 16.2 Å². The highest BCUT2D eigenvalue weighted by atomic mass is 32.1. The SMILES string of the molecule is O=C(CCc1ccc(F)cc1)NNC(=S)NC1CCCC1. The molecule has 0 saturated heterocycles. The van der Waals surface area contributed by atoms with E-state index in [1.165, 1.54) is 25.0 Å². The molecular formula is C15H20FN3OS. The molecule has 0 atom stereocenters. The summed E-state index contributed by atoms with van der Waals surface area (Å²) < 4.78 is 12.8. The van der Waals surface area contributed by atoms with Crippen molar-refractivity contribution in [2.24, 2.45) is 0 Å². The van der Waals surface area contributed by atoms with Crippen LogP contribution < -0.4 is 16.2 Å². The highest BCUT2D eigenvalue weighted by molar-refractivity contribution is 7.80. The Kier molecular flexibility index (Phi) is 5.92. The van der Waals surface area contributed by atoms with Crippen molar-refractivity contribution in [2.45, 2.75) is 44.6 Å². The molecule has 0 heterocycles. The van der Waals surface area contributed by atoms with Gasteiger partial charge in [0.1, 0.15) is 5.82 Å². The van der Waals surface area contributed by atoms with Crippen molar-refractivity contribution < 1.29 is 9.18 Å². The summed E-state index contributed by atoms with van der Waals surface area (Å²) in [6.07, 6.45) is 5.59. The Morgan fingerprint density at radius 1 is 1.19 bits per heavy atom. The van der Waals surface area contributed by atoms with Crippen molar-refractivity contribution in [2.75, 3.05) is 0 Å². The lowest BCUT2D eigenvalue weighted by atomic mass is 10.1. The number of hydrazine groups is 1. The van der Waals surface area contributed by atoms with Crippen molar-refractivity contribution in [3.05, 3.63) is 35.6 Å². The average Bonchev–Trinajstić information content (AvgIpc) is 2.97. The van der Waals surface area contributed by atoms with Gasteiger partial charge in [0.05, 0.1) is 0 Å².